The lowest BCUT2D eigenvalue weighted by atomic mass is 9.96. The van der Waals surface area contributed by atoms with Crippen LogP contribution in [-0.2, 0) is 9.59 Å². The van der Waals surface area contributed by atoms with Gasteiger partial charge in [0, 0.05) is 37.0 Å². The highest BCUT2D eigenvalue weighted by atomic mass is 16.2. The predicted molar refractivity (Wildman–Crippen MR) is 88.5 cm³/mol. The highest BCUT2D eigenvalue weighted by Gasteiger charge is 2.31. The van der Waals surface area contributed by atoms with Crippen LogP contribution in [0.2, 0.25) is 0 Å². The lowest BCUT2D eigenvalue weighted by molar-refractivity contribution is -0.143. The summed E-state index contributed by atoms with van der Waals surface area (Å²) in [6.07, 6.45) is 7.48. The number of amides is 2. The summed E-state index contributed by atoms with van der Waals surface area (Å²) in [5.41, 5.74) is 0. The summed E-state index contributed by atoms with van der Waals surface area (Å²) in [6.45, 7) is 8.52. The van der Waals surface area contributed by atoms with Gasteiger partial charge in [-0.1, -0.05) is 0 Å². The van der Waals surface area contributed by atoms with Crippen molar-refractivity contribution in [1.82, 2.24) is 9.80 Å². The van der Waals surface area contributed by atoms with Crippen LogP contribution in [0.1, 0.15) is 79.1 Å². The molecule has 2 amide bonds. The van der Waals surface area contributed by atoms with Crippen molar-refractivity contribution in [1.29, 1.82) is 0 Å². The van der Waals surface area contributed by atoms with Gasteiger partial charge in [-0.3, -0.25) is 9.59 Å². The van der Waals surface area contributed by atoms with Crippen molar-refractivity contribution >= 4 is 11.8 Å². The molecule has 2 aliphatic rings. The number of carbonyl (C=O) groups excluding carboxylic acids is 2. The van der Waals surface area contributed by atoms with Crippen molar-refractivity contribution in [2.45, 2.75) is 103 Å². The maximum Gasteiger partial charge on any atom is 0.223 e. The summed E-state index contributed by atoms with van der Waals surface area (Å²) in [4.78, 5) is 29.1. The Morgan fingerprint density at radius 3 is 1.23 bits per heavy atom. The fourth-order valence-electron chi connectivity index (χ4n) is 4.30. The Hall–Kier alpha value is -1.06. The average Bonchev–Trinajstić information content (AvgIpc) is 2.44. The number of rotatable bonds is 3. The van der Waals surface area contributed by atoms with E-state index in [0.29, 0.717) is 37.0 Å². The summed E-state index contributed by atoms with van der Waals surface area (Å²) in [5, 5.41) is 0. The summed E-state index contributed by atoms with van der Waals surface area (Å²) in [5.74, 6) is 0.315. The molecular formula is C18H32N2O2. The molecule has 0 aromatic carbocycles. The van der Waals surface area contributed by atoms with E-state index in [1.54, 1.807) is 0 Å². The van der Waals surface area contributed by atoms with E-state index in [0.717, 1.165) is 25.7 Å². The minimum Gasteiger partial charge on any atom is -0.337 e. The molecule has 0 aliphatic carbocycles. The second kappa shape index (κ2) is 7.47. The maximum absolute atomic E-state index is 12.5. The lowest BCUT2D eigenvalue weighted by Gasteiger charge is -2.40. The number of hydrogen-bond acceptors (Lipinski definition) is 2. The van der Waals surface area contributed by atoms with E-state index in [9.17, 15) is 9.59 Å². The molecule has 0 unspecified atom stereocenters. The molecule has 0 aromatic heterocycles. The second-order valence-corrected chi connectivity index (χ2v) is 7.36. The number of nitrogens with zero attached hydrogens (tertiary/aromatic N) is 2. The maximum atomic E-state index is 12.5. The van der Waals surface area contributed by atoms with Gasteiger partial charge >= 0.3 is 0 Å². The Labute approximate surface area is 135 Å². The van der Waals surface area contributed by atoms with E-state index in [-0.39, 0.29) is 11.8 Å². The Morgan fingerprint density at radius 2 is 0.955 bits per heavy atom. The van der Waals surface area contributed by atoms with Gasteiger partial charge in [0.1, 0.15) is 0 Å². The fourth-order valence-corrected chi connectivity index (χ4v) is 4.30. The van der Waals surface area contributed by atoms with Crippen LogP contribution in [0.25, 0.3) is 0 Å². The fraction of sp³-hybridized carbons (Fsp3) is 0.889. The van der Waals surface area contributed by atoms with Gasteiger partial charge < -0.3 is 9.80 Å². The predicted octanol–water partition coefficient (Wildman–Crippen LogP) is 3.35. The van der Waals surface area contributed by atoms with Crippen molar-refractivity contribution in [2.75, 3.05) is 0 Å². The molecule has 2 aliphatic heterocycles. The lowest BCUT2D eigenvalue weighted by Crippen LogP contribution is -2.49. The first-order valence-corrected chi connectivity index (χ1v) is 9.04. The van der Waals surface area contributed by atoms with E-state index in [2.05, 4.69) is 27.7 Å². The zero-order valence-corrected chi connectivity index (χ0v) is 14.7. The van der Waals surface area contributed by atoms with Gasteiger partial charge in [-0.2, -0.15) is 0 Å². The van der Waals surface area contributed by atoms with Gasteiger partial charge in [-0.15, -0.1) is 0 Å². The minimum atomic E-state index is 0.158. The standard InChI is InChI=1S/C18H32N2O2/c1-13-7-5-8-14(2)19(13)17(21)11-12-18(22)20-15(3)9-6-10-16(20)4/h13-16H,5-12H2,1-4H3/t13-,14-,15+,16+. The zero-order chi connectivity index (χ0) is 16.3. The topological polar surface area (TPSA) is 40.6 Å². The van der Waals surface area contributed by atoms with Crippen molar-refractivity contribution in [3.8, 4) is 0 Å². The highest BCUT2D eigenvalue weighted by Crippen LogP contribution is 2.25. The number of hydrogen-bond donors (Lipinski definition) is 0. The molecule has 4 nitrogen and oxygen atoms in total. The summed E-state index contributed by atoms with van der Waals surface area (Å²) >= 11 is 0. The Kier molecular flexibility index (Phi) is 5.87. The molecule has 0 spiro atoms. The molecule has 0 saturated carbocycles. The van der Waals surface area contributed by atoms with Gasteiger partial charge in [-0.25, -0.2) is 0 Å². The minimum absolute atomic E-state index is 0.158. The molecule has 0 aromatic rings. The molecule has 126 valence electrons. The number of carbonyl (C=O) groups is 2. The first-order chi connectivity index (χ1) is 10.4. The third kappa shape index (κ3) is 3.82. The van der Waals surface area contributed by atoms with Gasteiger partial charge in [0.05, 0.1) is 0 Å². The quantitative estimate of drug-likeness (QED) is 0.802. The molecule has 0 N–H and O–H groups in total. The van der Waals surface area contributed by atoms with Gasteiger partial charge in [0.2, 0.25) is 11.8 Å². The van der Waals surface area contributed by atoms with Crippen LogP contribution >= 0.6 is 0 Å². The molecule has 0 bridgehead atoms. The van der Waals surface area contributed by atoms with Crippen molar-refractivity contribution in [3.05, 3.63) is 0 Å². The van der Waals surface area contributed by atoms with Gasteiger partial charge in [0.25, 0.3) is 0 Å². The van der Waals surface area contributed by atoms with Crippen LogP contribution in [-0.4, -0.2) is 45.8 Å². The van der Waals surface area contributed by atoms with Crippen LogP contribution in [0.4, 0.5) is 0 Å². The Bertz CT molecular complexity index is 352. The first kappa shape index (κ1) is 17.3. The van der Waals surface area contributed by atoms with E-state index < -0.39 is 0 Å². The normalized spacial score (nSPS) is 32.9. The molecule has 2 fully saturated rings. The molecule has 0 radical (unpaired) electrons. The Morgan fingerprint density at radius 1 is 0.682 bits per heavy atom. The van der Waals surface area contributed by atoms with Crippen LogP contribution in [0.15, 0.2) is 0 Å². The van der Waals surface area contributed by atoms with Gasteiger partial charge in [-0.05, 0) is 66.2 Å². The first-order valence-electron chi connectivity index (χ1n) is 9.04. The molecule has 2 rings (SSSR count). The van der Waals surface area contributed by atoms with Crippen molar-refractivity contribution in [3.63, 3.8) is 0 Å². The smallest absolute Gasteiger partial charge is 0.223 e. The van der Waals surface area contributed by atoms with E-state index >= 15 is 0 Å². The molecular weight excluding hydrogens is 276 g/mol. The van der Waals surface area contributed by atoms with Crippen LogP contribution in [0, 0.1) is 0 Å². The zero-order valence-electron chi connectivity index (χ0n) is 14.7. The van der Waals surface area contributed by atoms with E-state index in [1.807, 2.05) is 9.80 Å². The van der Waals surface area contributed by atoms with Gasteiger partial charge in [0.15, 0.2) is 0 Å². The third-order valence-electron chi connectivity index (χ3n) is 5.52. The monoisotopic (exact) mass is 308 g/mol. The largest absolute Gasteiger partial charge is 0.337 e. The molecule has 22 heavy (non-hydrogen) atoms. The van der Waals surface area contributed by atoms with Crippen LogP contribution < -0.4 is 0 Å². The average molecular weight is 308 g/mol. The summed E-state index contributed by atoms with van der Waals surface area (Å²) < 4.78 is 0. The van der Waals surface area contributed by atoms with Crippen molar-refractivity contribution < 1.29 is 9.59 Å². The molecule has 4 heteroatoms. The number of likely N-dealkylation sites (tertiary alicyclic amines) is 2. The molecule has 2 saturated heterocycles. The van der Waals surface area contributed by atoms with Crippen molar-refractivity contribution in [2.24, 2.45) is 0 Å². The van der Waals surface area contributed by atoms with Crippen LogP contribution in [0.5, 0.6) is 0 Å². The second-order valence-electron chi connectivity index (χ2n) is 7.36. The SMILES string of the molecule is C[C@@H]1CCC[C@@H](C)N1C(=O)CCC(=O)N1[C@@H](C)CCC[C@@H]1C. The molecule has 4 atom stereocenters. The summed E-state index contributed by atoms with van der Waals surface area (Å²) in [6, 6.07) is 1.27. The van der Waals surface area contributed by atoms with E-state index in [1.165, 1.54) is 12.8 Å². The molecule has 2 heterocycles. The van der Waals surface area contributed by atoms with Crippen LogP contribution in [0.3, 0.4) is 0 Å². The third-order valence-corrected chi connectivity index (χ3v) is 5.52. The highest BCUT2D eigenvalue weighted by molar-refractivity contribution is 5.84. The Balaban J connectivity index is 1.88. The van der Waals surface area contributed by atoms with E-state index in [4.69, 9.17) is 0 Å². The number of piperidine rings is 2. The summed E-state index contributed by atoms with van der Waals surface area (Å²) in [7, 11) is 0.